The standard InChI is InChI=1S/C18H23N3O3S/c1-20(2)16(13-5-7-25-12-13)9-19-18(23)14-8-17(22)21(10-14)11-15-4-3-6-24-15/h3-7,12,14,16H,8-11H2,1-2H3,(H,19,23)/t14-,16-/m1/s1. The maximum absolute atomic E-state index is 12.5. The Morgan fingerprint density at radius 2 is 2.32 bits per heavy atom. The molecule has 1 saturated heterocycles. The van der Waals surface area contributed by atoms with E-state index in [9.17, 15) is 9.59 Å². The first-order valence-electron chi connectivity index (χ1n) is 8.31. The van der Waals surface area contributed by atoms with Crippen LogP contribution >= 0.6 is 11.3 Å². The molecule has 3 rings (SSSR count). The lowest BCUT2D eigenvalue weighted by molar-refractivity contribution is -0.129. The van der Waals surface area contributed by atoms with E-state index < -0.39 is 0 Å². The van der Waals surface area contributed by atoms with Crippen LogP contribution in [-0.4, -0.2) is 48.8 Å². The highest BCUT2D eigenvalue weighted by Gasteiger charge is 2.34. The van der Waals surface area contributed by atoms with Gasteiger partial charge >= 0.3 is 0 Å². The Balaban J connectivity index is 1.54. The van der Waals surface area contributed by atoms with E-state index in [-0.39, 0.29) is 30.2 Å². The molecule has 25 heavy (non-hydrogen) atoms. The summed E-state index contributed by atoms with van der Waals surface area (Å²) in [7, 11) is 4.00. The summed E-state index contributed by atoms with van der Waals surface area (Å²) in [6.07, 6.45) is 1.85. The van der Waals surface area contributed by atoms with E-state index in [0.29, 0.717) is 19.6 Å². The molecule has 0 saturated carbocycles. The van der Waals surface area contributed by atoms with Gasteiger partial charge in [-0.2, -0.15) is 11.3 Å². The van der Waals surface area contributed by atoms with Gasteiger partial charge in [0.05, 0.1) is 24.8 Å². The van der Waals surface area contributed by atoms with Crippen LogP contribution in [0.4, 0.5) is 0 Å². The first kappa shape index (κ1) is 17.7. The van der Waals surface area contributed by atoms with Crippen LogP contribution in [0.25, 0.3) is 0 Å². The van der Waals surface area contributed by atoms with Crippen molar-refractivity contribution in [2.75, 3.05) is 27.2 Å². The Kier molecular flexibility index (Phi) is 5.55. The number of thiophene rings is 1. The van der Waals surface area contributed by atoms with Crippen molar-refractivity contribution in [1.29, 1.82) is 0 Å². The third-order valence-corrected chi connectivity index (χ3v) is 5.23. The van der Waals surface area contributed by atoms with Gasteiger partial charge in [0.2, 0.25) is 11.8 Å². The highest BCUT2D eigenvalue weighted by molar-refractivity contribution is 7.07. The van der Waals surface area contributed by atoms with Gasteiger partial charge in [0.1, 0.15) is 5.76 Å². The molecule has 0 spiro atoms. The summed E-state index contributed by atoms with van der Waals surface area (Å²) < 4.78 is 5.29. The zero-order chi connectivity index (χ0) is 17.8. The van der Waals surface area contributed by atoms with Crippen molar-refractivity contribution in [3.8, 4) is 0 Å². The van der Waals surface area contributed by atoms with Crippen LogP contribution in [0.15, 0.2) is 39.6 Å². The van der Waals surface area contributed by atoms with Crippen LogP contribution in [0.3, 0.4) is 0 Å². The SMILES string of the molecule is CN(C)[C@H](CNC(=O)[C@@H]1CC(=O)N(Cc2ccco2)C1)c1ccsc1. The minimum Gasteiger partial charge on any atom is -0.467 e. The Labute approximate surface area is 151 Å². The van der Waals surface area contributed by atoms with Crippen LogP contribution < -0.4 is 5.32 Å². The fourth-order valence-electron chi connectivity index (χ4n) is 3.10. The second-order valence-electron chi connectivity index (χ2n) is 6.54. The number of hydrogen-bond donors (Lipinski definition) is 1. The Morgan fingerprint density at radius 3 is 2.96 bits per heavy atom. The maximum atomic E-state index is 12.5. The van der Waals surface area contributed by atoms with Gasteiger partial charge in [0.15, 0.2) is 0 Å². The second kappa shape index (κ2) is 7.84. The second-order valence-corrected chi connectivity index (χ2v) is 7.32. The molecule has 0 unspecified atom stereocenters. The normalized spacial score (nSPS) is 18.8. The number of carbonyl (C=O) groups is 2. The highest BCUT2D eigenvalue weighted by atomic mass is 32.1. The Morgan fingerprint density at radius 1 is 1.48 bits per heavy atom. The molecule has 134 valence electrons. The van der Waals surface area contributed by atoms with Crippen molar-refractivity contribution in [1.82, 2.24) is 15.1 Å². The van der Waals surface area contributed by atoms with E-state index in [4.69, 9.17) is 4.42 Å². The van der Waals surface area contributed by atoms with Crippen molar-refractivity contribution in [3.05, 3.63) is 46.5 Å². The number of amides is 2. The third kappa shape index (κ3) is 4.29. The first-order valence-corrected chi connectivity index (χ1v) is 9.25. The molecule has 1 fully saturated rings. The molecule has 2 amide bonds. The molecule has 1 aliphatic heterocycles. The molecular formula is C18H23N3O3S. The van der Waals surface area contributed by atoms with Crippen molar-refractivity contribution >= 4 is 23.2 Å². The van der Waals surface area contributed by atoms with Crippen molar-refractivity contribution < 1.29 is 14.0 Å². The van der Waals surface area contributed by atoms with Crippen LogP contribution in [-0.2, 0) is 16.1 Å². The molecule has 1 aliphatic rings. The topological polar surface area (TPSA) is 65.8 Å². The molecule has 0 aliphatic carbocycles. The molecular weight excluding hydrogens is 338 g/mol. The fraction of sp³-hybridized carbons (Fsp3) is 0.444. The third-order valence-electron chi connectivity index (χ3n) is 4.53. The molecule has 1 N–H and O–H groups in total. The number of nitrogens with zero attached hydrogens (tertiary/aromatic N) is 2. The summed E-state index contributed by atoms with van der Waals surface area (Å²) in [4.78, 5) is 28.4. The quantitative estimate of drug-likeness (QED) is 0.820. The van der Waals surface area contributed by atoms with E-state index in [1.54, 1.807) is 28.6 Å². The predicted molar refractivity (Wildman–Crippen MR) is 96.0 cm³/mol. The molecule has 0 bridgehead atoms. The van der Waals surface area contributed by atoms with Crippen LogP contribution in [0.2, 0.25) is 0 Å². The molecule has 2 aromatic rings. The first-order chi connectivity index (χ1) is 12.0. The van der Waals surface area contributed by atoms with Crippen molar-refractivity contribution in [2.24, 2.45) is 5.92 Å². The summed E-state index contributed by atoms with van der Waals surface area (Å²) in [5.74, 6) is 0.378. The number of furan rings is 1. The van der Waals surface area contributed by atoms with Gasteiger partial charge in [0, 0.05) is 19.5 Å². The summed E-state index contributed by atoms with van der Waals surface area (Å²) >= 11 is 1.65. The predicted octanol–water partition coefficient (Wildman–Crippen LogP) is 2.11. The number of hydrogen-bond acceptors (Lipinski definition) is 5. The molecule has 2 aromatic heterocycles. The van der Waals surface area contributed by atoms with E-state index >= 15 is 0 Å². The molecule has 0 radical (unpaired) electrons. The van der Waals surface area contributed by atoms with Gasteiger partial charge in [-0.15, -0.1) is 0 Å². The summed E-state index contributed by atoms with van der Waals surface area (Å²) in [6.45, 7) is 1.40. The van der Waals surface area contributed by atoms with Crippen molar-refractivity contribution in [2.45, 2.75) is 19.0 Å². The van der Waals surface area contributed by atoms with Gasteiger partial charge in [-0.1, -0.05) is 0 Å². The van der Waals surface area contributed by atoms with E-state index in [0.717, 1.165) is 5.76 Å². The van der Waals surface area contributed by atoms with Gasteiger partial charge < -0.3 is 19.5 Å². The highest BCUT2D eigenvalue weighted by Crippen LogP contribution is 2.22. The monoisotopic (exact) mass is 361 g/mol. The van der Waals surface area contributed by atoms with Gasteiger partial charge in [-0.25, -0.2) is 0 Å². The largest absolute Gasteiger partial charge is 0.467 e. The molecule has 2 atom stereocenters. The molecule has 3 heterocycles. The molecule has 0 aromatic carbocycles. The minimum atomic E-state index is -0.298. The fourth-order valence-corrected chi connectivity index (χ4v) is 3.80. The maximum Gasteiger partial charge on any atom is 0.225 e. The number of carbonyl (C=O) groups excluding carboxylic acids is 2. The van der Waals surface area contributed by atoms with E-state index in [2.05, 4.69) is 21.7 Å². The minimum absolute atomic E-state index is 0.00135. The molecule has 6 nitrogen and oxygen atoms in total. The molecule has 7 heteroatoms. The average molecular weight is 361 g/mol. The van der Waals surface area contributed by atoms with Crippen LogP contribution in [0.5, 0.6) is 0 Å². The lowest BCUT2D eigenvalue weighted by Gasteiger charge is -2.24. The lowest BCUT2D eigenvalue weighted by Crippen LogP contribution is -2.38. The zero-order valence-corrected chi connectivity index (χ0v) is 15.3. The average Bonchev–Trinajstić information content (AvgIpc) is 3.31. The summed E-state index contributed by atoms with van der Waals surface area (Å²) in [6, 6.07) is 5.84. The van der Waals surface area contributed by atoms with Crippen LogP contribution in [0, 0.1) is 5.92 Å². The Bertz CT molecular complexity index is 697. The van der Waals surface area contributed by atoms with Crippen molar-refractivity contribution in [3.63, 3.8) is 0 Å². The van der Waals surface area contributed by atoms with Gasteiger partial charge in [-0.05, 0) is 48.6 Å². The zero-order valence-electron chi connectivity index (χ0n) is 14.5. The van der Waals surface area contributed by atoms with E-state index in [1.165, 1.54) is 5.56 Å². The lowest BCUT2D eigenvalue weighted by atomic mass is 10.1. The summed E-state index contributed by atoms with van der Waals surface area (Å²) in [5.41, 5.74) is 1.19. The Hall–Kier alpha value is -2.12. The number of rotatable bonds is 7. The van der Waals surface area contributed by atoms with E-state index in [1.807, 2.05) is 25.5 Å². The number of nitrogens with one attached hydrogen (secondary N) is 1. The number of likely N-dealkylation sites (N-methyl/N-ethyl adjacent to an activating group) is 1. The summed E-state index contributed by atoms with van der Waals surface area (Å²) in [5, 5.41) is 7.15. The van der Waals surface area contributed by atoms with Crippen LogP contribution in [0.1, 0.15) is 23.8 Å². The van der Waals surface area contributed by atoms with Gasteiger partial charge in [0.25, 0.3) is 0 Å². The number of likely N-dealkylation sites (tertiary alicyclic amines) is 1. The van der Waals surface area contributed by atoms with Gasteiger partial charge in [-0.3, -0.25) is 9.59 Å². The smallest absolute Gasteiger partial charge is 0.225 e.